The lowest BCUT2D eigenvalue weighted by Crippen LogP contribution is -2.33. The summed E-state index contributed by atoms with van der Waals surface area (Å²) in [6.45, 7) is 4.95. The highest BCUT2D eigenvalue weighted by Crippen LogP contribution is 2.19. The maximum Gasteiger partial charge on any atom is 0.0949 e. The highest BCUT2D eigenvalue weighted by atomic mass is 16.5. The van der Waals surface area contributed by atoms with Gasteiger partial charge in [-0.05, 0) is 17.5 Å². The fourth-order valence-electron chi connectivity index (χ4n) is 1.97. The van der Waals surface area contributed by atoms with Gasteiger partial charge in [-0.2, -0.15) is 0 Å². The summed E-state index contributed by atoms with van der Waals surface area (Å²) < 4.78 is 5.70. The molecule has 1 saturated heterocycles. The van der Waals surface area contributed by atoms with Gasteiger partial charge in [0.25, 0.3) is 0 Å². The molecular weight excluding hydrogens is 186 g/mol. The molecule has 0 radical (unpaired) electrons. The predicted octanol–water partition coefficient (Wildman–Crippen LogP) is 2.30. The third-order valence-electron chi connectivity index (χ3n) is 2.82. The molecule has 1 aromatic carbocycles. The molecule has 0 saturated carbocycles. The molecule has 1 unspecified atom stereocenters. The van der Waals surface area contributed by atoms with Crippen molar-refractivity contribution in [2.75, 3.05) is 19.7 Å². The van der Waals surface area contributed by atoms with Gasteiger partial charge >= 0.3 is 0 Å². The average molecular weight is 205 g/mol. The molecule has 0 bridgehead atoms. The van der Waals surface area contributed by atoms with Crippen LogP contribution in [-0.4, -0.2) is 19.7 Å². The SMILES string of the molecule is CCCc1ccc(C2CNCCO2)cc1. The van der Waals surface area contributed by atoms with Crippen molar-refractivity contribution in [1.29, 1.82) is 0 Å². The zero-order valence-electron chi connectivity index (χ0n) is 9.33. The van der Waals surface area contributed by atoms with Crippen molar-refractivity contribution < 1.29 is 4.74 Å². The van der Waals surface area contributed by atoms with Crippen LogP contribution in [0, 0.1) is 0 Å². The summed E-state index contributed by atoms with van der Waals surface area (Å²) in [5, 5.41) is 3.35. The minimum atomic E-state index is 0.245. The van der Waals surface area contributed by atoms with Crippen molar-refractivity contribution in [2.24, 2.45) is 0 Å². The Labute approximate surface area is 91.6 Å². The molecule has 82 valence electrons. The summed E-state index contributed by atoms with van der Waals surface area (Å²) >= 11 is 0. The minimum absolute atomic E-state index is 0.245. The molecule has 1 fully saturated rings. The van der Waals surface area contributed by atoms with Crippen LogP contribution in [0.5, 0.6) is 0 Å². The van der Waals surface area contributed by atoms with Crippen LogP contribution < -0.4 is 5.32 Å². The van der Waals surface area contributed by atoms with Gasteiger partial charge in [-0.25, -0.2) is 0 Å². The van der Waals surface area contributed by atoms with E-state index in [-0.39, 0.29) is 6.10 Å². The smallest absolute Gasteiger partial charge is 0.0949 e. The first-order valence-electron chi connectivity index (χ1n) is 5.81. The average Bonchev–Trinajstić information content (AvgIpc) is 2.32. The molecular formula is C13H19NO. The molecule has 1 aromatic rings. The number of ether oxygens (including phenoxy) is 1. The highest BCUT2D eigenvalue weighted by molar-refractivity contribution is 5.24. The highest BCUT2D eigenvalue weighted by Gasteiger charge is 2.14. The van der Waals surface area contributed by atoms with E-state index in [4.69, 9.17) is 4.74 Å². The van der Waals surface area contributed by atoms with Crippen molar-refractivity contribution in [1.82, 2.24) is 5.32 Å². The topological polar surface area (TPSA) is 21.3 Å². The first-order chi connectivity index (χ1) is 7.40. The van der Waals surface area contributed by atoms with Crippen molar-refractivity contribution in [2.45, 2.75) is 25.9 Å². The second-order valence-electron chi connectivity index (χ2n) is 4.06. The molecule has 0 aliphatic carbocycles. The Hall–Kier alpha value is -0.860. The number of hydrogen-bond acceptors (Lipinski definition) is 2. The lowest BCUT2D eigenvalue weighted by atomic mass is 10.0. The van der Waals surface area contributed by atoms with Crippen LogP contribution in [0.4, 0.5) is 0 Å². The Morgan fingerprint density at radius 2 is 2.13 bits per heavy atom. The normalized spacial score (nSPS) is 21.5. The Morgan fingerprint density at radius 1 is 1.33 bits per heavy atom. The standard InChI is InChI=1S/C13H19NO/c1-2-3-11-4-6-12(7-5-11)13-10-14-8-9-15-13/h4-7,13-14H,2-3,8-10H2,1H3. The van der Waals surface area contributed by atoms with Gasteiger partial charge in [0.2, 0.25) is 0 Å². The van der Waals surface area contributed by atoms with Crippen LogP contribution in [0.3, 0.4) is 0 Å². The number of rotatable bonds is 3. The van der Waals surface area contributed by atoms with E-state index in [0.717, 1.165) is 19.7 Å². The predicted molar refractivity (Wildman–Crippen MR) is 62.0 cm³/mol. The largest absolute Gasteiger partial charge is 0.371 e. The Balaban J connectivity index is 2.02. The molecule has 0 amide bonds. The van der Waals surface area contributed by atoms with E-state index < -0.39 is 0 Å². The molecule has 2 nitrogen and oxygen atoms in total. The van der Waals surface area contributed by atoms with Crippen LogP contribution in [-0.2, 0) is 11.2 Å². The molecule has 1 aliphatic rings. The van der Waals surface area contributed by atoms with E-state index in [1.807, 2.05) is 0 Å². The van der Waals surface area contributed by atoms with E-state index in [9.17, 15) is 0 Å². The summed E-state index contributed by atoms with van der Waals surface area (Å²) in [7, 11) is 0. The third kappa shape index (κ3) is 2.80. The monoisotopic (exact) mass is 205 g/mol. The number of aryl methyl sites for hydroxylation is 1. The molecule has 0 spiro atoms. The molecule has 2 heteroatoms. The lowest BCUT2D eigenvalue weighted by Gasteiger charge is -2.24. The van der Waals surface area contributed by atoms with Gasteiger partial charge in [0.05, 0.1) is 12.7 Å². The van der Waals surface area contributed by atoms with Crippen molar-refractivity contribution >= 4 is 0 Å². The van der Waals surface area contributed by atoms with Crippen LogP contribution in [0.2, 0.25) is 0 Å². The maximum atomic E-state index is 5.70. The Morgan fingerprint density at radius 3 is 2.73 bits per heavy atom. The summed E-state index contributed by atoms with van der Waals surface area (Å²) in [5.41, 5.74) is 2.71. The van der Waals surface area contributed by atoms with Gasteiger partial charge in [-0.3, -0.25) is 0 Å². The number of morpholine rings is 1. The fraction of sp³-hybridized carbons (Fsp3) is 0.538. The van der Waals surface area contributed by atoms with E-state index in [1.54, 1.807) is 0 Å². The van der Waals surface area contributed by atoms with E-state index in [2.05, 4.69) is 36.5 Å². The van der Waals surface area contributed by atoms with Crippen molar-refractivity contribution in [3.8, 4) is 0 Å². The Kier molecular flexibility index (Phi) is 3.75. The van der Waals surface area contributed by atoms with Gasteiger partial charge in [-0.1, -0.05) is 37.6 Å². The number of hydrogen-bond donors (Lipinski definition) is 1. The van der Waals surface area contributed by atoms with Gasteiger partial charge in [0, 0.05) is 13.1 Å². The van der Waals surface area contributed by atoms with Crippen LogP contribution >= 0.6 is 0 Å². The van der Waals surface area contributed by atoms with E-state index in [0.29, 0.717) is 0 Å². The summed E-state index contributed by atoms with van der Waals surface area (Å²) in [6, 6.07) is 8.83. The molecule has 1 atom stereocenters. The number of nitrogens with one attached hydrogen (secondary N) is 1. The van der Waals surface area contributed by atoms with Gasteiger partial charge in [0.15, 0.2) is 0 Å². The zero-order valence-corrected chi connectivity index (χ0v) is 9.33. The van der Waals surface area contributed by atoms with Crippen LogP contribution in [0.1, 0.15) is 30.6 Å². The van der Waals surface area contributed by atoms with E-state index in [1.165, 1.54) is 24.0 Å². The zero-order chi connectivity index (χ0) is 10.5. The maximum absolute atomic E-state index is 5.70. The second-order valence-corrected chi connectivity index (χ2v) is 4.06. The van der Waals surface area contributed by atoms with Crippen LogP contribution in [0.15, 0.2) is 24.3 Å². The molecule has 1 N–H and O–H groups in total. The van der Waals surface area contributed by atoms with Gasteiger partial charge in [-0.15, -0.1) is 0 Å². The third-order valence-corrected chi connectivity index (χ3v) is 2.82. The summed E-state index contributed by atoms with van der Waals surface area (Å²) in [4.78, 5) is 0. The molecule has 15 heavy (non-hydrogen) atoms. The first kappa shape index (κ1) is 10.7. The summed E-state index contributed by atoms with van der Waals surface area (Å²) in [5.74, 6) is 0. The molecule has 2 rings (SSSR count). The first-order valence-corrected chi connectivity index (χ1v) is 5.81. The minimum Gasteiger partial charge on any atom is -0.371 e. The number of benzene rings is 1. The second kappa shape index (κ2) is 5.29. The Bertz CT molecular complexity index is 288. The molecule has 1 aliphatic heterocycles. The van der Waals surface area contributed by atoms with Crippen molar-refractivity contribution in [3.05, 3.63) is 35.4 Å². The van der Waals surface area contributed by atoms with Crippen molar-refractivity contribution in [3.63, 3.8) is 0 Å². The van der Waals surface area contributed by atoms with E-state index >= 15 is 0 Å². The lowest BCUT2D eigenvalue weighted by molar-refractivity contribution is 0.0277. The fourth-order valence-corrected chi connectivity index (χ4v) is 1.97. The van der Waals surface area contributed by atoms with Gasteiger partial charge in [0.1, 0.15) is 0 Å². The van der Waals surface area contributed by atoms with Gasteiger partial charge < -0.3 is 10.1 Å². The summed E-state index contributed by atoms with van der Waals surface area (Å²) in [6.07, 6.45) is 2.62. The molecule has 0 aromatic heterocycles. The quantitative estimate of drug-likeness (QED) is 0.817. The van der Waals surface area contributed by atoms with Crippen LogP contribution in [0.25, 0.3) is 0 Å². The molecule has 1 heterocycles.